The molecule has 1 saturated heterocycles. The number of alkyl halides is 1. The number of halogens is 1. The summed E-state index contributed by atoms with van der Waals surface area (Å²) in [7, 11) is 0. The summed E-state index contributed by atoms with van der Waals surface area (Å²) in [5.41, 5.74) is -1.63. The van der Waals surface area contributed by atoms with E-state index in [4.69, 9.17) is 4.18 Å². The fourth-order valence-electron chi connectivity index (χ4n) is 2.49. The maximum atomic E-state index is 12.6. The van der Waals surface area contributed by atoms with Crippen molar-refractivity contribution in [2.24, 2.45) is 5.41 Å². The second-order valence-electron chi connectivity index (χ2n) is 7.87. The molecule has 0 aromatic heterocycles. The van der Waals surface area contributed by atoms with E-state index < -0.39 is 23.2 Å². The fourth-order valence-corrected chi connectivity index (χ4v) is 3.45. The minimum absolute atomic E-state index is 0.124. The number of carbonyl (C=O) groups excluding carboxylic acids is 1. The van der Waals surface area contributed by atoms with Gasteiger partial charge < -0.3 is 10.2 Å². The summed E-state index contributed by atoms with van der Waals surface area (Å²) in [5, 5.41) is 20.7. The molecule has 2 N–H and O–H groups in total. The average molecular weight is 378 g/mol. The molecule has 0 aromatic rings. The Hall–Kier alpha value is -0.630. The summed E-state index contributed by atoms with van der Waals surface area (Å²) in [5.74, 6) is -0.142. The van der Waals surface area contributed by atoms with E-state index in [1.165, 1.54) is 4.31 Å². The van der Waals surface area contributed by atoms with Crippen LogP contribution in [0.25, 0.3) is 0 Å². The van der Waals surface area contributed by atoms with Crippen LogP contribution in [0.4, 0.5) is 4.39 Å². The standard InChI is InChI=1S/C18H32FNO4S/c1-17(2,3)16(22)20-14(15(21)13-24-25-20)9-11-18(4,23)10-7-5-6-8-12-19/h9,11,14-15,21,23H,5-8,10,12-13H2,1-4H3/b11-9+. The molecule has 0 bridgehead atoms. The topological polar surface area (TPSA) is 70.0 Å². The van der Waals surface area contributed by atoms with Crippen LogP contribution in [0, 0.1) is 5.41 Å². The average Bonchev–Trinajstić information content (AvgIpc) is 2.51. The molecule has 1 amide bonds. The summed E-state index contributed by atoms with van der Waals surface area (Å²) in [6.45, 7) is 6.96. The Balaban J connectivity index is 2.70. The van der Waals surface area contributed by atoms with Crippen LogP contribution in [0.15, 0.2) is 12.2 Å². The largest absolute Gasteiger partial charge is 0.388 e. The number of nitrogens with zero attached hydrogens (tertiary/aromatic N) is 1. The van der Waals surface area contributed by atoms with Crippen LogP contribution in [-0.2, 0) is 8.98 Å². The SMILES string of the molecule is CC(O)(/C=C/C1C(O)COSN1C(=O)C(C)(C)C)CCCCCCF. The molecule has 1 fully saturated rings. The van der Waals surface area contributed by atoms with Crippen LogP contribution in [0.1, 0.15) is 59.8 Å². The van der Waals surface area contributed by atoms with Crippen molar-refractivity contribution in [2.75, 3.05) is 13.3 Å². The molecule has 25 heavy (non-hydrogen) atoms. The van der Waals surface area contributed by atoms with Gasteiger partial charge in [0, 0.05) is 5.41 Å². The Morgan fingerprint density at radius 3 is 2.52 bits per heavy atom. The van der Waals surface area contributed by atoms with E-state index in [9.17, 15) is 19.4 Å². The molecule has 3 unspecified atom stereocenters. The van der Waals surface area contributed by atoms with Crippen molar-refractivity contribution in [2.45, 2.75) is 77.5 Å². The Morgan fingerprint density at radius 1 is 1.28 bits per heavy atom. The van der Waals surface area contributed by atoms with E-state index in [1.54, 1.807) is 19.1 Å². The molecule has 0 radical (unpaired) electrons. The lowest BCUT2D eigenvalue weighted by atomic mass is 9.93. The summed E-state index contributed by atoms with van der Waals surface area (Å²) >= 11 is 0.943. The van der Waals surface area contributed by atoms with Crippen molar-refractivity contribution >= 4 is 18.1 Å². The molecule has 146 valence electrons. The fraction of sp³-hybridized carbons (Fsp3) is 0.833. The second-order valence-corrected chi connectivity index (χ2v) is 8.65. The Labute approximate surface area is 155 Å². The number of hydrogen-bond acceptors (Lipinski definition) is 5. The van der Waals surface area contributed by atoms with E-state index in [1.807, 2.05) is 20.8 Å². The number of rotatable bonds is 8. The lowest BCUT2D eigenvalue weighted by molar-refractivity contribution is -0.138. The Morgan fingerprint density at radius 2 is 1.92 bits per heavy atom. The number of aliphatic hydroxyl groups excluding tert-OH is 1. The first-order chi connectivity index (χ1) is 11.6. The van der Waals surface area contributed by atoms with Gasteiger partial charge in [-0.05, 0) is 19.8 Å². The maximum Gasteiger partial charge on any atom is 0.240 e. The molecule has 7 heteroatoms. The van der Waals surface area contributed by atoms with E-state index in [2.05, 4.69) is 0 Å². The maximum absolute atomic E-state index is 12.6. The third-order valence-electron chi connectivity index (χ3n) is 4.10. The molecular weight excluding hydrogens is 345 g/mol. The van der Waals surface area contributed by atoms with Crippen molar-refractivity contribution < 1.29 is 23.6 Å². The predicted molar refractivity (Wildman–Crippen MR) is 98.5 cm³/mol. The van der Waals surface area contributed by atoms with E-state index in [0.717, 1.165) is 31.5 Å². The van der Waals surface area contributed by atoms with Gasteiger partial charge >= 0.3 is 0 Å². The van der Waals surface area contributed by atoms with E-state index in [-0.39, 0.29) is 19.2 Å². The zero-order valence-corrected chi connectivity index (χ0v) is 16.5. The molecule has 0 aromatic carbocycles. The summed E-state index contributed by atoms with van der Waals surface area (Å²) in [4.78, 5) is 12.6. The number of unbranched alkanes of at least 4 members (excludes halogenated alkanes) is 3. The molecule has 3 atom stereocenters. The molecule has 0 spiro atoms. The van der Waals surface area contributed by atoms with Crippen LogP contribution in [0.2, 0.25) is 0 Å². The van der Waals surface area contributed by atoms with Gasteiger partial charge in [-0.3, -0.25) is 17.7 Å². The quantitative estimate of drug-likeness (QED) is 0.294. The van der Waals surface area contributed by atoms with Crippen molar-refractivity contribution in [1.29, 1.82) is 0 Å². The number of hydrogen-bond donors (Lipinski definition) is 2. The van der Waals surface area contributed by atoms with Crippen LogP contribution in [-0.4, -0.2) is 51.5 Å². The smallest absolute Gasteiger partial charge is 0.240 e. The van der Waals surface area contributed by atoms with E-state index >= 15 is 0 Å². The van der Waals surface area contributed by atoms with Gasteiger partial charge in [-0.25, -0.2) is 0 Å². The summed E-state index contributed by atoms with van der Waals surface area (Å²) in [6.07, 6.45) is 6.09. The predicted octanol–water partition coefficient (Wildman–Crippen LogP) is 3.41. The van der Waals surface area contributed by atoms with Gasteiger partial charge in [0.05, 0.1) is 24.9 Å². The first-order valence-electron chi connectivity index (χ1n) is 8.87. The van der Waals surface area contributed by atoms with Crippen LogP contribution in [0.3, 0.4) is 0 Å². The van der Waals surface area contributed by atoms with Crippen molar-refractivity contribution in [1.82, 2.24) is 4.31 Å². The first-order valence-corrected chi connectivity index (χ1v) is 9.57. The zero-order valence-electron chi connectivity index (χ0n) is 15.7. The monoisotopic (exact) mass is 377 g/mol. The summed E-state index contributed by atoms with van der Waals surface area (Å²) in [6, 6.07) is -0.552. The molecule has 1 heterocycles. The number of aliphatic hydroxyl groups is 2. The minimum atomic E-state index is -1.03. The highest BCUT2D eigenvalue weighted by Gasteiger charge is 2.38. The molecule has 5 nitrogen and oxygen atoms in total. The Bertz CT molecular complexity index is 451. The molecule has 0 saturated carbocycles. The van der Waals surface area contributed by atoms with Crippen LogP contribution >= 0.6 is 12.2 Å². The highest BCUT2D eigenvalue weighted by molar-refractivity contribution is 7.92. The molecule has 1 aliphatic heterocycles. The van der Waals surface area contributed by atoms with Gasteiger partial charge in [0.15, 0.2) is 0 Å². The lowest BCUT2D eigenvalue weighted by Gasteiger charge is -2.38. The highest BCUT2D eigenvalue weighted by Crippen LogP contribution is 2.32. The van der Waals surface area contributed by atoms with Gasteiger partial charge in [0.2, 0.25) is 5.91 Å². The normalized spacial score (nSPS) is 24.5. The third kappa shape index (κ3) is 7.64. The zero-order chi connectivity index (χ0) is 19.1. The molecule has 1 aliphatic rings. The molecule has 1 rings (SSSR count). The van der Waals surface area contributed by atoms with Gasteiger partial charge in [0.25, 0.3) is 0 Å². The van der Waals surface area contributed by atoms with Crippen LogP contribution < -0.4 is 0 Å². The first kappa shape index (κ1) is 22.4. The number of amides is 1. The van der Waals surface area contributed by atoms with Crippen LogP contribution in [0.5, 0.6) is 0 Å². The minimum Gasteiger partial charge on any atom is -0.388 e. The van der Waals surface area contributed by atoms with Crippen molar-refractivity contribution in [3.63, 3.8) is 0 Å². The highest BCUT2D eigenvalue weighted by atomic mass is 32.2. The summed E-state index contributed by atoms with van der Waals surface area (Å²) < 4.78 is 18.7. The Kier molecular flexibility index (Phi) is 8.87. The van der Waals surface area contributed by atoms with Crippen molar-refractivity contribution in [3.05, 3.63) is 12.2 Å². The molecule has 0 aliphatic carbocycles. The van der Waals surface area contributed by atoms with Crippen molar-refractivity contribution in [3.8, 4) is 0 Å². The van der Waals surface area contributed by atoms with Gasteiger partial charge in [-0.1, -0.05) is 52.2 Å². The molecular formula is C18H32FNO4S. The van der Waals surface area contributed by atoms with Gasteiger partial charge in [-0.2, -0.15) is 0 Å². The number of carbonyl (C=O) groups is 1. The second kappa shape index (κ2) is 9.90. The third-order valence-corrected chi connectivity index (χ3v) is 4.91. The van der Waals surface area contributed by atoms with Gasteiger partial charge in [-0.15, -0.1) is 0 Å². The lowest BCUT2D eigenvalue weighted by Crippen LogP contribution is -2.50. The van der Waals surface area contributed by atoms with Gasteiger partial charge in [0.1, 0.15) is 18.3 Å². The van der Waals surface area contributed by atoms with E-state index in [0.29, 0.717) is 12.8 Å².